The summed E-state index contributed by atoms with van der Waals surface area (Å²) in [6, 6.07) is 15.1. The molecule has 0 aromatic heterocycles. The number of fused-ring (bicyclic) bond motifs is 3. The lowest BCUT2D eigenvalue weighted by Gasteiger charge is -2.37. The first-order chi connectivity index (χ1) is 11.8. The summed E-state index contributed by atoms with van der Waals surface area (Å²) in [4.78, 5) is 0. The molecule has 0 bridgehead atoms. The van der Waals surface area contributed by atoms with Crippen LogP contribution in [-0.4, -0.2) is 13.7 Å². The number of hydrogen-bond donors (Lipinski definition) is 1. The number of anilines is 1. The molecule has 0 radical (unpaired) electrons. The van der Waals surface area contributed by atoms with Crippen LogP contribution in [0, 0.1) is 5.92 Å². The average molecular weight is 321 g/mol. The molecule has 3 unspecified atom stereocenters. The van der Waals surface area contributed by atoms with Crippen molar-refractivity contribution in [3.8, 4) is 11.5 Å². The van der Waals surface area contributed by atoms with Crippen LogP contribution in [0.3, 0.4) is 0 Å². The Morgan fingerprint density at radius 1 is 1.12 bits per heavy atom. The van der Waals surface area contributed by atoms with Gasteiger partial charge in [0.15, 0.2) is 0 Å². The summed E-state index contributed by atoms with van der Waals surface area (Å²) >= 11 is 0. The smallest absolute Gasteiger partial charge is 0.119 e. The molecule has 3 heteroatoms. The largest absolute Gasteiger partial charge is 0.497 e. The van der Waals surface area contributed by atoms with Crippen molar-refractivity contribution in [1.29, 1.82) is 0 Å². The van der Waals surface area contributed by atoms with Gasteiger partial charge in [0.2, 0.25) is 0 Å². The van der Waals surface area contributed by atoms with Gasteiger partial charge in [0, 0.05) is 11.6 Å². The SMILES string of the molecule is CCOc1ccc2c(c1)C1C=CCC1C(c1cccc(OC)c1)N2. The third-order valence-electron chi connectivity index (χ3n) is 5.10. The Morgan fingerprint density at radius 2 is 2.04 bits per heavy atom. The lowest BCUT2D eigenvalue weighted by atomic mass is 9.77. The molecule has 0 saturated carbocycles. The second-order valence-electron chi connectivity index (χ2n) is 6.43. The van der Waals surface area contributed by atoms with E-state index in [9.17, 15) is 0 Å². The summed E-state index contributed by atoms with van der Waals surface area (Å²) in [6.45, 7) is 2.72. The third kappa shape index (κ3) is 2.54. The summed E-state index contributed by atoms with van der Waals surface area (Å²) in [5.74, 6) is 2.84. The highest BCUT2D eigenvalue weighted by Crippen LogP contribution is 2.50. The topological polar surface area (TPSA) is 30.5 Å². The van der Waals surface area contributed by atoms with Crippen LogP contribution in [0.4, 0.5) is 5.69 Å². The zero-order chi connectivity index (χ0) is 16.5. The fourth-order valence-corrected chi connectivity index (χ4v) is 3.99. The maximum Gasteiger partial charge on any atom is 0.119 e. The maximum atomic E-state index is 5.69. The van der Waals surface area contributed by atoms with Crippen LogP contribution in [0.1, 0.15) is 36.4 Å². The van der Waals surface area contributed by atoms with Gasteiger partial charge < -0.3 is 14.8 Å². The second-order valence-corrected chi connectivity index (χ2v) is 6.43. The molecule has 1 aliphatic carbocycles. The molecule has 2 aliphatic rings. The first-order valence-electron chi connectivity index (χ1n) is 8.64. The van der Waals surface area contributed by atoms with Crippen LogP contribution in [0.5, 0.6) is 11.5 Å². The number of allylic oxidation sites excluding steroid dienone is 2. The molecular formula is C21H23NO2. The summed E-state index contributed by atoms with van der Waals surface area (Å²) in [5.41, 5.74) is 3.84. The van der Waals surface area contributed by atoms with Gasteiger partial charge in [-0.25, -0.2) is 0 Å². The lowest BCUT2D eigenvalue weighted by molar-refractivity contribution is 0.338. The summed E-state index contributed by atoms with van der Waals surface area (Å²) in [6.07, 6.45) is 5.76. The van der Waals surface area contributed by atoms with Crippen molar-refractivity contribution in [2.75, 3.05) is 19.0 Å². The fourth-order valence-electron chi connectivity index (χ4n) is 3.99. The Hall–Kier alpha value is -2.42. The molecule has 4 rings (SSSR count). The molecule has 3 atom stereocenters. The molecule has 124 valence electrons. The highest BCUT2D eigenvalue weighted by atomic mass is 16.5. The minimum absolute atomic E-state index is 0.297. The second kappa shape index (κ2) is 6.23. The first kappa shape index (κ1) is 15.1. The quantitative estimate of drug-likeness (QED) is 0.811. The Morgan fingerprint density at radius 3 is 2.88 bits per heavy atom. The normalized spacial score (nSPS) is 24.0. The number of benzene rings is 2. The number of rotatable bonds is 4. The Kier molecular flexibility index (Phi) is 3.93. The van der Waals surface area contributed by atoms with Crippen molar-refractivity contribution in [2.24, 2.45) is 5.92 Å². The predicted molar refractivity (Wildman–Crippen MR) is 97.0 cm³/mol. The van der Waals surface area contributed by atoms with Crippen LogP contribution in [0.25, 0.3) is 0 Å². The van der Waals surface area contributed by atoms with E-state index in [1.807, 2.05) is 13.0 Å². The van der Waals surface area contributed by atoms with E-state index in [1.54, 1.807) is 7.11 Å². The van der Waals surface area contributed by atoms with Crippen molar-refractivity contribution < 1.29 is 9.47 Å². The van der Waals surface area contributed by atoms with Crippen molar-refractivity contribution in [3.63, 3.8) is 0 Å². The van der Waals surface area contributed by atoms with Gasteiger partial charge in [0.05, 0.1) is 19.8 Å². The van der Waals surface area contributed by atoms with E-state index in [1.165, 1.54) is 16.8 Å². The number of hydrogen-bond acceptors (Lipinski definition) is 3. The predicted octanol–water partition coefficient (Wildman–Crippen LogP) is 4.92. The number of ether oxygens (including phenoxy) is 2. The van der Waals surface area contributed by atoms with Gasteiger partial charge in [0.1, 0.15) is 11.5 Å². The highest BCUT2D eigenvalue weighted by Gasteiger charge is 2.38. The molecule has 0 spiro atoms. The van der Waals surface area contributed by atoms with Gasteiger partial charge in [0.25, 0.3) is 0 Å². The maximum absolute atomic E-state index is 5.69. The Labute approximate surface area is 143 Å². The number of methoxy groups -OCH3 is 1. The van der Waals surface area contributed by atoms with Crippen LogP contribution < -0.4 is 14.8 Å². The zero-order valence-corrected chi connectivity index (χ0v) is 14.2. The monoisotopic (exact) mass is 321 g/mol. The summed E-state index contributed by atoms with van der Waals surface area (Å²) in [5, 5.41) is 3.75. The first-order valence-corrected chi connectivity index (χ1v) is 8.64. The molecule has 1 N–H and O–H groups in total. The molecule has 2 aromatic rings. The number of nitrogens with one attached hydrogen (secondary N) is 1. The van der Waals surface area contributed by atoms with Gasteiger partial charge in [-0.05, 0) is 60.7 Å². The van der Waals surface area contributed by atoms with Crippen LogP contribution in [0.15, 0.2) is 54.6 Å². The van der Waals surface area contributed by atoms with Crippen molar-refractivity contribution in [2.45, 2.75) is 25.3 Å². The zero-order valence-electron chi connectivity index (χ0n) is 14.2. The highest BCUT2D eigenvalue weighted by molar-refractivity contribution is 5.61. The molecule has 3 nitrogen and oxygen atoms in total. The van der Waals surface area contributed by atoms with Gasteiger partial charge >= 0.3 is 0 Å². The molecular weight excluding hydrogens is 298 g/mol. The van der Waals surface area contributed by atoms with Gasteiger partial charge in [-0.15, -0.1) is 0 Å². The molecule has 24 heavy (non-hydrogen) atoms. The van der Waals surface area contributed by atoms with E-state index in [0.717, 1.165) is 17.9 Å². The van der Waals surface area contributed by atoms with Crippen molar-refractivity contribution in [3.05, 3.63) is 65.7 Å². The van der Waals surface area contributed by atoms with E-state index in [2.05, 4.69) is 53.9 Å². The lowest BCUT2D eigenvalue weighted by Crippen LogP contribution is -2.29. The molecule has 2 aromatic carbocycles. The van der Waals surface area contributed by atoms with Crippen molar-refractivity contribution in [1.82, 2.24) is 0 Å². The minimum Gasteiger partial charge on any atom is -0.497 e. The third-order valence-corrected chi connectivity index (χ3v) is 5.10. The van der Waals surface area contributed by atoms with Gasteiger partial charge in [-0.1, -0.05) is 24.3 Å². The summed E-state index contributed by atoms with van der Waals surface area (Å²) in [7, 11) is 1.72. The van der Waals surface area contributed by atoms with E-state index in [4.69, 9.17) is 9.47 Å². The van der Waals surface area contributed by atoms with E-state index < -0.39 is 0 Å². The molecule has 0 amide bonds. The molecule has 1 aliphatic heterocycles. The van der Waals surface area contributed by atoms with Gasteiger partial charge in [-0.2, -0.15) is 0 Å². The van der Waals surface area contributed by atoms with E-state index in [-0.39, 0.29) is 0 Å². The summed E-state index contributed by atoms with van der Waals surface area (Å²) < 4.78 is 11.1. The van der Waals surface area contributed by atoms with Crippen LogP contribution in [0.2, 0.25) is 0 Å². The molecule has 0 saturated heterocycles. The standard InChI is InChI=1S/C21H23NO2/c1-3-24-16-10-11-20-19(13-16)17-8-5-9-18(17)21(22-20)14-6-4-7-15(12-14)23-2/h4-8,10-13,17-18,21-22H,3,9H2,1-2H3. The van der Waals surface area contributed by atoms with Crippen LogP contribution in [-0.2, 0) is 0 Å². The van der Waals surface area contributed by atoms with Gasteiger partial charge in [-0.3, -0.25) is 0 Å². The van der Waals surface area contributed by atoms with Crippen LogP contribution >= 0.6 is 0 Å². The molecule has 0 fully saturated rings. The van der Waals surface area contributed by atoms with Crippen molar-refractivity contribution >= 4 is 5.69 Å². The molecule has 1 heterocycles. The van der Waals surface area contributed by atoms with E-state index in [0.29, 0.717) is 24.5 Å². The van der Waals surface area contributed by atoms with E-state index >= 15 is 0 Å². The fraction of sp³-hybridized carbons (Fsp3) is 0.333. The Bertz CT molecular complexity index is 768. The Balaban J connectivity index is 1.72. The average Bonchev–Trinajstić information content (AvgIpc) is 3.11. The minimum atomic E-state index is 0.297.